The zero-order chi connectivity index (χ0) is 22.0. The predicted molar refractivity (Wildman–Crippen MR) is 136 cm³/mol. The van der Waals surface area contributed by atoms with Gasteiger partial charge >= 0.3 is 6.09 Å². The lowest BCUT2D eigenvalue weighted by atomic mass is 10.1. The molecule has 1 aliphatic heterocycles. The summed E-state index contributed by atoms with van der Waals surface area (Å²) >= 11 is 0. The lowest BCUT2D eigenvalue weighted by molar-refractivity contribution is 0.0529. The highest BCUT2D eigenvalue weighted by molar-refractivity contribution is 14.0. The van der Waals surface area contributed by atoms with E-state index >= 15 is 0 Å². The van der Waals surface area contributed by atoms with Crippen molar-refractivity contribution in [1.29, 1.82) is 0 Å². The standard InChI is InChI=1S/C22H37N5O3.HI/c1-22(2,3)30-21(28)25-12-11-24-20(23-4)26-16-19(27-13-6-7-14-27)17-9-8-10-18(15-17)29-5;/h8-10,15,19H,6-7,11-14,16H2,1-5H3,(H,25,28)(H2,23,24,26);1H. The Balaban J connectivity index is 0.00000480. The fourth-order valence-electron chi connectivity index (χ4n) is 3.43. The van der Waals surface area contributed by atoms with E-state index in [1.807, 2.05) is 32.9 Å². The van der Waals surface area contributed by atoms with E-state index in [4.69, 9.17) is 9.47 Å². The molecule has 31 heavy (non-hydrogen) atoms. The van der Waals surface area contributed by atoms with Crippen molar-refractivity contribution in [2.24, 2.45) is 4.99 Å². The number of rotatable bonds is 8. The summed E-state index contributed by atoms with van der Waals surface area (Å²) in [5.74, 6) is 1.57. The van der Waals surface area contributed by atoms with E-state index in [-0.39, 0.29) is 30.0 Å². The first-order valence-corrected chi connectivity index (χ1v) is 10.6. The molecule has 0 saturated carbocycles. The van der Waals surface area contributed by atoms with E-state index < -0.39 is 11.7 Å². The molecule has 1 fully saturated rings. The number of hydrogen-bond donors (Lipinski definition) is 3. The molecule has 0 radical (unpaired) electrons. The van der Waals surface area contributed by atoms with Crippen LogP contribution in [-0.2, 0) is 4.74 Å². The minimum Gasteiger partial charge on any atom is -0.497 e. The highest BCUT2D eigenvalue weighted by atomic mass is 127. The van der Waals surface area contributed by atoms with Crippen LogP contribution in [0.25, 0.3) is 0 Å². The molecule has 2 rings (SSSR count). The number of halogens is 1. The number of nitrogens with one attached hydrogen (secondary N) is 3. The zero-order valence-electron chi connectivity index (χ0n) is 19.4. The number of hydrogen-bond acceptors (Lipinski definition) is 5. The summed E-state index contributed by atoms with van der Waals surface area (Å²) in [6.07, 6.45) is 2.03. The maximum absolute atomic E-state index is 11.7. The van der Waals surface area contributed by atoms with Crippen LogP contribution in [0.5, 0.6) is 5.75 Å². The summed E-state index contributed by atoms with van der Waals surface area (Å²) in [5, 5.41) is 9.39. The number of benzene rings is 1. The lowest BCUT2D eigenvalue weighted by Crippen LogP contribution is -2.45. The van der Waals surface area contributed by atoms with E-state index in [0.29, 0.717) is 19.0 Å². The molecule has 176 valence electrons. The first-order valence-electron chi connectivity index (χ1n) is 10.6. The van der Waals surface area contributed by atoms with Crippen LogP contribution in [0.15, 0.2) is 29.3 Å². The fourth-order valence-corrected chi connectivity index (χ4v) is 3.43. The van der Waals surface area contributed by atoms with Crippen LogP contribution in [0.1, 0.15) is 45.2 Å². The first kappa shape index (κ1) is 27.3. The average molecular weight is 547 g/mol. The smallest absolute Gasteiger partial charge is 0.407 e. The summed E-state index contributed by atoms with van der Waals surface area (Å²) in [6, 6.07) is 8.49. The molecule has 0 bridgehead atoms. The third-order valence-corrected chi connectivity index (χ3v) is 4.83. The number of guanidine groups is 1. The Kier molecular flexibility index (Phi) is 12.0. The number of carbonyl (C=O) groups is 1. The Morgan fingerprint density at radius 1 is 1.16 bits per heavy atom. The minimum absolute atomic E-state index is 0. The summed E-state index contributed by atoms with van der Waals surface area (Å²) in [4.78, 5) is 18.5. The molecule has 3 N–H and O–H groups in total. The van der Waals surface area contributed by atoms with Gasteiger partial charge in [0, 0.05) is 26.7 Å². The topological polar surface area (TPSA) is 87.2 Å². The number of alkyl carbamates (subject to hydrolysis) is 1. The van der Waals surface area contributed by atoms with E-state index in [0.717, 1.165) is 25.4 Å². The van der Waals surface area contributed by atoms with E-state index in [1.54, 1.807) is 14.2 Å². The van der Waals surface area contributed by atoms with Gasteiger partial charge in [-0.3, -0.25) is 9.89 Å². The lowest BCUT2D eigenvalue weighted by Gasteiger charge is -2.29. The van der Waals surface area contributed by atoms with Crippen molar-refractivity contribution < 1.29 is 14.3 Å². The van der Waals surface area contributed by atoms with E-state index in [1.165, 1.54) is 18.4 Å². The van der Waals surface area contributed by atoms with Crippen molar-refractivity contribution in [3.63, 3.8) is 0 Å². The summed E-state index contributed by atoms with van der Waals surface area (Å²) in [6.45, 7) is 9.44. The highest BCUT2D eigenvalue weighted by Crippen LogP contribution is 2.27. The number of ether oxygens (including phenoxy) is 2. The van der Waals surface area contributed by atoms with Crippen molar-refractivity contribution in [1.82, 2.24) is 20.9 Å². The number of amides is 1. The van der Waals surface area contributed by atoms with Crippen molar-refractivity contribution in [3.8, 4) is 5.75 Å². The van der Waals surface area contributed by atoms with Gasteiger partial charge in [-0.15, -0.1) is 24.0 Å². The van der Waals surface area contributed by atoms with Crippen LogP contribution in [-0.4, -0.2) is 69.4 Å². The van der Waals surface area contributed by atoms with Crippen LogP contribution in [0.3, 0.4) is 0 Å². The van der Waals surface area contributed by atoms with Gasteiger partial charge in [-0.25, -0.2) is 4.79 Å². The Labute approximate surface area is 203 Å². The summed E-state index contributed by atoms with van der Waals surface area (Å²) in [5.41, 5.74) is 0.727. The molecule has 8 nitrogen and oxygen atoms in total. The maximum atomic E-state index is 11.7. The van der Waals surface area contributed by atoms with Crippen molar-refractivity contribution in [3.05, 3.63) is 29.8 Å². The van der Waals surface area contributed by atoms with Gasteiger partial charge in [0.25, 0.3) is 0 Å². The molecule has 1 aliphatic rings. The summed E-state index contributed by atoms with van der Waals surface area (Å²) < 4.78 is 10.6. The van der Waals surface area contributed by atoms with Crippen molar-refractivity contribution >= 4 is 36.0 Å². The van der Waals surface area contributed by atoms with Crippen LogP contribution < -0.4 is 20.7 Å². The molecule has 1 unspecified atom stereocenters. The second-order valence-electron chi connectivity index (χ2n) is 8.34. The van der Waals surface area contributed by atoms with E-state index in [9.17, 15) is 4.79 Å². The molecular formula is C22H38IN5O3. The van der Waals surface area contributed by atoms with Gasteiger partial charge in [0.2, 0.25) is 0 Å². The van der Waals surface area contributed by atoms with Gasteiger partial charge in [0.1, 0.15) is 11.4 Å². The predicted octanol–water partition coefficient (Wildman–Crippen LogP) is 3.14. The second-order valence-corrected chi connectivity index (χ2v) is 8.34. The molecule has 0 aliphatic carbocycles. The largest absolute Gasteiger partial charge is 0.497 e. The quantitative estimate of drug-likeness (QED) is 0.201. The molecular weight excluding hydrogens is 509 g/mol. The maximum Gasteiger partial charge on any atom is 0.407 e. The molecule has 1 aromatic rings. The molecule has 1 heterocycles. The van der Waals surface area contributed by atoms with Gasteiger partial charge in [-0.2, -0.15) is 0 Å². The minimum atomic E-state index is -0.500. The van der Waals surface area contributed by atoms with Gasteiger partial charge in [0.05, 0.1) is 13.2 Å². The third-order valence-electron chi connectivity index (χ3n) is 4.83. The monoisotopic (exact) mass is 547 g/mol. The van der Waals surface area contributed by atoms with Gasteiger partial charge in [0.15, 0.2) is 5.96 Å². The SMILES string of the molecule is CN=C(NCCNC(=O)OC(C)(C)C)NCC(c1cccc(OC)c1)N1CCCC1.I. The number of aliphatic imine (C=N–C) groups is 1. The van der Waals surface area contributed by atoms with Gasteiger partial charge in [-0.05, 0) is 64.4 Å². The molecule has 1 atom stereocenters. The van der Waals surface area contributed by atoms with Crippen molar-refractivity contribution in [2.45, 2.75) is 45.3 Å². The number of nitrogens with zero attached hydrogens (tertiary/aromatic N) is 2. The number of methoxy groups -OCH3 is 1. The molecule has 9 heteroatoms. The van der Waals surface area contributed by atoms with Gasteiger partial charge in [-0.1, -0.05) is 12.1 Å². The van der Waals surface area contributed by atoms with E-state index in [2.05, 4.69) is 38.0 Å². The Morgan fingerprint density at radius 3 is 2.45 bits per heavy atom. The molecule has 1 aromatic carbocycles. The zero-order valence-corrected chi connectivity index (χ0v) is 21.7. The third kappa shape index (κ3) is 9.94. The number of carbonyl (C=O) groups excluding carboxylic acids is 1. The van der Waals surface area contributed by atoms with Gasteiger partial charge < -0.3 is 25.4 Å². The molecule has 0 aromatic heterocycles. The van der Waals surface area contributed by atoms with Crippen LogP contribution in [0.2, 0.25) is 0 Å². The Hall–Kier alpha value is -1.75. The summed E-state index contributed by atoms with van der Waals surface area (Å²) in [7, 11) is 3.44. The van der Waals surface area contributed by atoms with Crippen LogP contribution >= 0.6 is 24.0 Å². The molecule has 1 amide bonds. The molecule has 1 saturated heterocycles. The van der Waals surface area contributed by atoms with Crippen LogP contribution in [0.4, 0.5) is 4.79 Å². The highest BCUT2D eigenvalue weighted by Gasteiger charge is 2.24. The normalized spacial score (nSPS) is 15.6. The second kappa shape index (κ2) is 13.6. The first-order chi connectivity index (χ1) is 14.3. The fraction of sp³-hybridized carbons (Fsp3) is 0.636. The Morgan fingerprint density at radius 2 is 1.84 bits per heavy atom. The van der Waals surface area contributed by atoms with Crippen LogP contribution in [0, 0.1) is 0 Å². The Bertz CT molecular complexity index is 703. The number of likely N-dealkylation sites (tertiary alicyclic amines) is 1. The molecule has 0 spiro atoms. The average Bonchev–Trinajstić information content (AvgIpc) is 3.23. The van der Waals surface area contributed by atoms with Crippen molar-refractivity contribution in [2.75, 3.05) is 46.9 Å².